The molecule has 0 heterocycles. The lowest BCUT2D eigenvalue weighted by atomic mass is 9.99. The van der Waals surface area contributed by atoms with Crippen LogP contribution in [0.25, 0.3) is 0 Å². The third-order valence-electron chi connectivity index (χ3n) is 3.07. The van der Waals surface area contributed by atoms with Gasteiger partial charge in [-0.25, -0.2) is 0 Å². The van der Waals surface area contributed by atoms with Crippen LogP contribution in [0.2, 0.25) is 10.0 Å². The van der Waals surface area contributed by atoms with Crippen molar-refractivity contribution in [1.29, 1.82) is 0 Å². The number of ether oxygens (including phenoxy) is 1. The molecule has 0 saturated heterocycles. The summed E-state index contributed by atoms with van der Waals surface area (Å²) in [4.78, 5) is 0. The van der Waals surface area contributed by atoms with Gasteiger partial charge in [-0.2, -0.15) is 0 Å². The molecular formula is C16H17Cl2NO. The SMILES string of the molecule is CCOc1ccc(C(N)Cc2cc(Cl)ccc2Cl)cc1. The third kappa shape index (κ3) is 3.89. The maximum absolute atomic E-state index is 6.23. The smallest absolute Gasteiger partial charge is 0.119 e. The van der Waals surface area contributed by atoms with Crippen molar-refractivity contribution in [2.75, 3.05) is 6.61 Å². The van der Waals surface area contributed by atoms with Gasteiger partial charge in [0.1, 0.15) is 5.75 Å². The molecule has 2 nitrogen and oxygen atoms in total. The predicted octanol–water partition coefficient (Wildman–Crippen LogP) is 4.63. The van der Waals surface area contributed by atoms with E-state index >= 15 is 0 Å². The van der Waals surface area contributed by atoms with Crippen LogP contribution < -0.4 is 10.5 Å². The molecule has 2 N–H and O–H groups in total. The monoisotopic (exact) mass is 309 g/mol. The minimum Gasteiger partial charge on any atom is -0.494 e. The average molecular weight is 310 g/mol. The van der Waals surface area contributed by atoms with Crippen LogP contribution in [-0.4, -0.2) is 6.61 Å². The van der Waals surface area contributed by atoms with Crippen LogP contribution in [0.5, 0.6) is 5.75 Å². The van der Waals surface area contributed by atoms with E-state index in [1.807, 2.05) is 37.3 Å². The number of halogens is 2. The molecule has 0 aliphatic rings. The first kappa shape index (κ1) is 15.2. The Bertz CT molecular complexity index is 569. The summed E-state index contributed by atoms with van der Waals surface area (Å²) in [7, 11) is 0. The van der Waals surface area contributed by atoms with E-state index in [0.717, 1.165) is 16.9 Å². The molecule has 0 saturated carbocycles. The van der Waals surface area contributed by atoms with Crippen molar-refractivity contribution in [3.05, 3.63) is 63.6 Å². The number of hydrogen-bond acceptors (Lipinski definition) is 2. The van der Waals surface area contributed by atoms with E-state index in [9.17, 15) is 0 Å². The van der Waals surface area contributed by atoms with Crippen molar-refractivity contribution in [3.63, 3.8) is 0 Å². The van der Waals surface area contributed by atoms with E-state index in [0.29, 0.717) is 23.1 Å². The van der Waals surface area contributed by atoms with Gasteiger partial charge in [0.05, 0.1) is 6.61 Å². The lowest BCUT2D eigenvalue weighted by Crippen LogP contribution is -2.13. The van der Waals surface area contributed by atoms with Gasteiger partial charge < -0.3 is 10.5 Å². The summed E-state index contributed by atoms with van der Waals surface area (Å²) in [6.45, 7) is 2.62. The highest BCUT2D eigenvalue weighted by Gasteiger charge is 2.10. The summed E-state index contributed by atoms with van der Waals surface area (Å²) in [6, 6.07) is 13.1. The van der Waals surface area contributed by atoms with E-state index in [-0.39, 0.29) is 6.04 Å². The van der Waals surface area contributed by atoms with Gasteiger partial charge in [0.15, 0.2) is 0 Å². The second kappa shape index (κ2) is 6.98. The molecule has 106 valence electrons. The number of benzene rings is 2. The van der Waals surface area contributed by atoms with Gasteiger partial charge >= 0.3 is 0 Å². The molecule has 0 fully saturated rings. The van der Waals surface area contributed by atoms with Crippen LogP contribution in [-0.2, 0) is 6.42 Å². The summed E-state index contributed by atoms with van der Waals surface area (Å²) in [5, 5.41) is 1.36. The molecule has 0 aliphatic carbocycles. The van der Waals surface area contributed by atoms with Crippen molar-refractivity contribution >= 4 is 23.2 Å². The van der Waals surface area contributed by atoms with E-state index in [1.54, 1.807) is 12.1 Å². The summed E-state index contributed by atoms with van der Waals surface area (Å²) in [5.74, 6) is 0.851. The van der Waals surface area contributed by atoms with Gasteiger partial charge in [0.25, 0.3) is 0 Å². The molecule has 0 spiro atoms. The minimum atomic E-state index is -0.123. The van der Waals surface area contributed by atoms with Crippen molar-refractivity contribution in [1.82, 2.24) is 0 Å². The van der Waals surface area contributed by atoms with E-state index in [4.69, 9.17) is 33.7 Å². The Morgan fingerprint density at radius 2 is 1.80 bits per heavy atom. The molecule has 2 aromatic carbocycles. The lowest BCUT2D eigenvalue weighted by molar-refractivity contribution is 0.340. The molecule has 2 aromatic rings. The topological polar surface area (TPSA) is 35.2 Å². The zero-order valence-electron chi connectivity index (χ0n) is 11.3. The largest absolute Gasteiger partial charge is 0.494 e. The Hall–Kier alpha value is -1.22. The van der Waals surface area contributed by atoms with E-state index in [1.165, 1.54) is 0 Å². The summed E-state index contributed by atoms with van der Waals surface area (Å²) < 4.78 is 5.41. The average Bonchev–Trinajstić information content (AvgIpc) is 2.44. The minimum absolute atomic E-state index is 0.123. The summed E-state index contributed by atoms with van der Waals surface area (Å²) in [6.07, 6.45) is 0.646. The van der Waals surface area contributed by atoms with E-state index < -0.39 is 0 Å². The lowest BCUT2D eigenvalue weighted by Gasteiger charge is -2.14. The molecule has 4 heteroatoms. The van der Waals surface area contributed by atoms with Gasteiger partial charge in [-0.3, -0.25) is 0 Å². The van der Waals surface area contributed by atoms with Crippen molar-refractivity contribution in [2.45, 2.75) is 19.4 Å². The molecule has 0 amide bonds. The molecular weight excluding hydrogens is 293 g/mol. The Morgan fingerprint density at radius 3 is 2.45 bits per heavy atom. The van der Waals surface area contributed by atoms with Crippen molar-refractivity contribution in [3.8, 4) is 5.75 Å². The first-order valence-electron chi connectivity index (χ1n) is 6.52. The molecule has 0 bridgehead atoms. The van der Waals surface area contributed by atoms with Crippen LogP contribution in [0, 0.1) is 0 Å². The highest BCUT2D eigenvalue weighted by molar-refractivity contribution is 6.33. The van der Waals surface area contributed by atoms with Crippen LogP contribution in [0.3, 0.4) is 0 Å². The fourth-order valence-electron chi connectivity index (χ4n) is 2.03. The van der Waals surface area contributed by atoms with Crippen LogP contribution in [0.1, 0.15) is 24.1 Å². The molecule has 20 heavy (non-hydrogen) atoms. The molecule has 2 rings (SSSR count). The Labute approximate surface area is 129 Å². The number of nitrogens with two attached hydrogens (primary N) is 1. The molecule has 0 aliphatic heterocycles. The normalized spacial score (nSPS) is 12.2. The molecule has 1 unspecified atom stereocenters. The first-order valence-corrected chi connectivity index (χ1v) is 7.28. The zero-order chi connectivity index (χ0) is 14.5. The van der Waals surface area contributed by atoms with Gasteiger partial charge in [-0.15, -0.1) is 0 Å². The standard InChI is InChI=1S/C16H17Cl2NO/c1-2-20-14-6-3-11(4-7-14)16(19)10-12-9-13(17)5-8-15(12)18/h3-9,16H,2,10,19H2,1H3. The summed E-state index contributed by atoms with van der Waals surface area (Å²) in [5.41, 5.74) is 8.23. The van der Waals surface area contributed by atoms with Gasteiger partial charge in [0.2, 0.25) is 0 Å². The second-order valence-electron chi connectivity index (χ2n) is 4.55. The number of rotatable bonds is 5. The fraction of sp³-hybridized carbons (Fsp3) is 0.250. The van der Waals surface area contributed by atoms with Gasteiger partial charge in [0, 0.05) is 16.1 Å². The van der Waals surface area contributed by atoms with Crippen molar-refractivity contribution < 1.29 is 4.74 Å². The van der Waals surface area contributed by atoms with Gasteiger partial charge in [-0.05, 0) is 54.8 Å². The summed E-state index contributed by atoms with van der Waals surface area (Å²) >= 11 is 12.1. The van der Waals surface area contributed by atoms with Crippen LogP contribution >= 0.6 is 23.2 Å². The quantitative estimate of drug-likeness (QED) is 0.873. The maximum atomic E-state index is 6.23. The Balaban J connectivity index is 2.11. The van der Waals surface area contributed by atoms with Crippen LogP contribution in [0.15, 0.2) is 42.5 Å². The highest BCUT2D eigenvalue weighted by atomic mass is 35.5. The Morgan fingerprint density at radius 1 is 1.10 bits per heavy atom. The second-order valence-corrected chi connectivity index (χ2v) is 5.39. The fourth-order valence-corrected chi connectivity index (χ4v) is 2.42. The first-order chi connectivity index (χ1) is 9.60. The molecule has 0 aromatic heterocycles. The Kier molecular flexibility index (Phi) is 5.30. The zero-order valence-corrected chi connectivity index (χ0v) is 12.8. The molecule has 1 atom stereocenters. The van der Waals surface area contributed by atoms with Crippen molar-refractivity contribution in [2.24, 2.45) is 5.73 Å². The molecule has 0 radical (unpaired) electrons. The maximum Gasteiger partial charge on any atom is 0.119 e. The third-order valence-corrected chi connectivity index (χ3v) is 3.67. The predicted molar refractivity (Wildman–Crippen MR) is 84.7 cm³/mol. The number of hydrogen-bond donors (Lipinski definition) is 1. The highest BCUT2D eigenvalue weighted by Crippen LogP contribution is 2.26. The van der Waals surface area contributed by atoms with Gasteiger partial charge in [-0.1, -0.05) is 35.3 Å². The van der Waals surface area contributed by atoms with E-state index in [2.05, 4.69) is 0 Å². The van der Waals surface area contributed by atoms with Crippen LogP contribution in [0.4, 0.5) is 0 Å².